The van der Waals surface area contributed by atoms with Crippen LogP contribution >= 0.6 is 11.6 Å². The minimum Gasteiger partial charge on any atom is -0.496 e. The first kappa shape index (κ1) is 38.2. The second-order valence-electron chi connectivity index (χ2n) is 13.4. The van der Waals surface area contributed by atoms with Gasteiger partial charge in [-0.05, 0) is 60.6 Å². The molecule has 12 nitrogen and oxygen atoms in total. The number of hydrogen-bond acceptors (Lipinski definition) is 10. The molecular weight excluding hydrogens is 705 g/mol. The topological polar surface area (TPSA) is 147 Å². The molecule has 4 N–H and O–H groups in total. The van der Waals surface area contributed by atoms with E-state index in [4.69, 9.17) is 26.1 Å². The first-order valence-electron chi connectivity index (χ1n) is 17.6. The maximum Gasteiger partial charge on any atom is 0.325 e. The fraction of sp³-hybridized carbons (Fsp3) is 0.410. The molecule has 2 heterocycles. The number of methoxy groups -OCH3 is 2. The fourth-order valence-corrected chi connectivity index (χ4v) is 7.48. The van der Waals surface area contributed by atoms with Crippen LogP contribution in [0.4, 0.5) is 10.1 Å². The highest BCUT2D eigenvalue weighted by Crippen LogP contribution is 2.44. The van der Waals surface area contributed by atoms with E-state index >= 15 is 4.39 Å². The number of aliphatic hydroxyl groups excluding tert-OH is 2. The number of ether oxygens (including phenoxy) is 3. The normalized spacial score (nSPS) is 16.4. The van der Waals surface area contributed by atoms with Crippen LogP contribution < -0.4 is 20.1 Å². The van der Waals surface area contributed by atoms with Crippen molar-refractivity contribution >= 4 is 29.2 Å². The Hall–Kier alpha value is -4.53. The van der Waals surface area contributed by atoms with Gasteiger partial charge < -0.3 is 34.3 Å². The number of aliphatic hydroxyl groups is 2. The number of amides is 1. The first-order chi connectivity index (χ1) is 25.5. The second kappa shape index (κ2) is 16.2. The van der Waals surface area contributed by atoms with E-state index in [1.807, 2.05) is 61.9 Å². The molecule has 0 spiro atoms. The Kier molecular flexibility index (Phi) is 11.7. The molecule has 1 aliphatic heterocycles. The van der Waals surface area contributed by atoms with Gasteiger partial charge in [0.05, 0.1) is 33.1 Å². The lowest BCUT2D eigenvalue weighted by Crippen LogP contribution is -2.40. The Bertz CT molecular complexity index is 2020. The molecule has 4 aromatic rings. The Morgan fingerprint density at radius 2 is 1.85 bits per heavy atom. The summed E-state index contributed by atoms with van der Waals surface area (Å²) in [5, 5.41) is 24.8. The minimum atomic E-state index is -1.05. The number of anilines is 1. The monoisotopic (exact) mass is 749 g/mol. The van der Waals surface area contributed by atoms with Crippen molar-refractivity contribution in [3.63, 3.8) is 0 Å². The van der Waals surface area contributed by atoms with Gasteiger partial charge in [-0.25, -0.2) is 9.37 Å². The lowest BCUT2D eigenvalue weighted by Gasteiger charge is -2.30. The van der Waals surface area contributed by atoms with Crippen LogP contribution in [0.5, 0.6) is 11.5 Å². The van der Waals surface area contributed by atoms with Gasteiger partial charge in [-0.2, -0.15) is 0 Å². The number of fused-ring (bicyclic) bond motifs is 2. The number of imidazole rings is 1. The lowest BCUT2D eigenvalue weighted by atomic mass is 9.93. The van der Waals surface area contributed by atoms with Crippen LogP contribution in [0.3, 0.4) is 0 Å². The number of carbonyl (C=O) groups excluding carboxylic acids is 2. The van der Waals surface area contributed by atoms with Crippen LogP contribution in [0.15, 0.2) is 42.5 Å². The summed E-state index contributed by atoms with van der Waals surface area (Å²) in [6.07, 6.45) is 1.66. The van der Waals surface area contributed by atoms with E-state index in [1.165, 1.54) is 20.3 Å². The van der Waals surface area contributed by atoms with E-state index in [0.29, 0.717) is 30.9 Å². The number of esters is 1. The van der Waals surface area contributed by atoms with Crippen molar-refractivity contribution in [1.29, 1.82) is 0 Å². The highest BCUT2D eigenvalue weighted by atomic mass is 35.5. The maximum atomic E-state index is 15.7. The minimum absolute atomic E-state index is 0.0148. The van der Waals surface area contributed by atoms with Crippen molar-refractivity contribution < 1.29 is 38.4 Å². The third-order valence-corrected chi connectivity index (χ3v) is 10.7. The molecule has 3 unspecified atom stereocenters. The van der Waals surface area contributed by atoms with Crippen molar-refractivity contribution in [2.45, 2.75) is 64.4 Å². The van der Waals surface area contributed by atoms with Gasteiger partial charge in [0.2, 0.25) is 0 Å². The van der Waals surface area contributed by atoms with Crippen molar-refractivity contribution in [3.8, 4) is 22.6 Å². The standard InChI is InChI=1S/C39H45ClFN5O7/c1-21(19-47)46-15-14-31-29(18-46)43-37(45(31)3)38(49)44-28-11-7-8-23(22(28)2)24-9-6-10-26-25(24)12-13-32(26)53-34-16-33(51-4)27(36(41)35(34)40)17-42-30(20-48)39(50)52-5/h6-11,16,21,30,32,42,47-48H,12-15,17-20H2,1-5H3,(H,44,49). The van der Waals surface area contributed by atoms with Gasteiger partial charge in [0.25, 0.3) is 5.91 Å². The zero-order valence-corrected chi connectivity index (χ0v) is 31.2. The SMILES string of the molecule is COC(=O)C(CO)NCc1c(OC)cc(OC2CCc3c(-c4cccc(NC(=O)c5nc6c(n5C)CCN(C(C)CO)C6)c4C)cccc32)c(Cl)c1F. The van der Waals surface area contributed by atoms with E-state index < -0.39 is 30.5 Å². The number of nitrogens with zero attached hydrogens (tertiary/aromatic N) is 3. The van der Waals surface area contributed by atoms with Crippen molar-refractivity contribution in [2.75, 3.05) is 39.3 Å². The highest BCUT2D eigenvalue weighted by molar-refractivity contribution is 6.32. The molecule has 14 heteroatoms. The quantitative estimate of drug-likeness (QED) is 0.140. The molecule has 2 aliphatic rings. The molecule has 0 radical (unpaired) electrons. The van der Waals surface area contributed by atoms with Crippen molar-refractivity contribution in [2.24, 2.45) is 7.05 Å². The maximum absolute atomic E-state index is 15.7. The molecular formula is C39H45ClFN5O7. The van der Waals surface area contributed by atoms with Gasteiger partial charge >= 0.3 is 5.97 Å². The van der Waals surface area contributed by atoms with Gasteiger partial charge in [-0.1, -0.05) is 41.9 Å². The molecule has 1 aliphatic carbocycles. The van der Waals surface area contributed by atoms with Crippen LogP contribution in [0.1, 0.15) is 63.7 Å². The summed E-state index contributed by atoms with van der Waals surface area (Å²) in [5.41, 5.74) is 7.54. The predicted molar refractivity (Wildman–Crippen MR) is 198 cm³/mol. The van der Waals surface area contributed by atoms with Gasteiger partial charge in [0.1, 0.15) is 28.7 Å². The van der Waals surface area contributed by atoms with Crippen molar-refractivity contribution in [1.82, 2.24) is 19.8 Å². The Morgan fingerprint density at radius 3 is 2.57 bits per heavy atom. The first-order valence-corrected chi connectivity index (χ1v) is 17.9. The molecule has 282 valence electrons. The van der Waals surface area contributed by atoms with Gasteiger partial charge in [0.15, 0.2) is 11.6 Å². The van der Waals surface area contributed by atoms with E-state index in [-0.39, 0.29) is 47.2 Å². The van der Waals surface area contributed by atoms with Gasteiger partial charge in [-0.3, -0.25) is 19.8 Å². The summed E-state index contributed by atoms with van der Waals surface area (Å²) in [7, 11) is 4.46. The van der Waals surface area contributed by atoms with Crippen LogP contribution in [-0.4, -0.2) is 82.6 Å². The zero-order chi connectivity index (χ0) is 38.0. The van der Waals surface area contributed by atoms with Crippen LogP contribution in [0.2, 0.25) is 5.02 Å². The van der Waals surface area contributed by atoms with Crippen molar-refractivity contribution in [3.05, 3.63) is 92.8 Å². The summed E-state index contributed by atoms with van der Waals surface area (Å²) in [5.74, 6) is -1.12. The summed E-state index contributed by atoms with van der Waals surface area (Å²) >= 11 is 6.51. The van der Waals surface area contributed by atoms with E-state index in [0.717, 1.165) is 52.2 Å². The molecule has 53 heavy (non-hydrogen) atoms. The molecule has 1 amide bonds. The number of benzene rings is 3. The second-order valence-corrected chi connectivity index (χ2v) is 13.8. The van der Waals surface area contributed by atoms with E-state index in [9.17, 15) is 19.8 Å². The van der Waals surface area contributed by atoms with Crippen LogP contribution in [0, 0.1) is 12.7 Å². The van der Waals surface area contributed by atoms with E-state index in [1.54, 1.807) is 0 Å². The Balaban J connectivity index is 1.21. The number of hydrogen-bond donors (Lipinski definition) is 4. The summed E-state index contributed by atoms with van der Waals surface area (Å²) in [6, 6.07) is 12.3. The number of halogens is 2. The number of nitrogens with one attached hydrogen (secondary N) is 2. The lowest BCUT2D eigenvalue weighted by molar-refractivity contribution is -0.144. The smallest absolute Gasteiger partial charge is 0.325 e. The average molecular weight is 750 g/mol. The molecule has 0 saturated carbocycles. The molecule has 0 fully saturated rings. The van der Waals surface area contributed by atoms with Crippen LogP contribution in [-0.2, 0) is 42.5 Å². The van der Waals surface area contributed by atoms with Crippen LogP contribution in [0.25, 0.3) is 11.1 Å². The third-order valence-electron chi connectivity index (χ3n) is 10.4. The molecule has 3 aromatic carbocycles. The largest absolute Gasteiger partial charge is 0.496 e. The number of rotatable bonds is 13. The Labute approximate surface area is 312 Å². The fourth-order valence-electron chi connectivity index (χ4n) is 7.27. The van der Waals surface area contributed by atoms with Gasteiger partial charge in [0, 0.05) is 62.2 Å². The molecule has 6 rings (SSSR count). The zero-order valence-electron chi connectivity index (χ0n) is 30.5. The average Bonchev–Trinajstić information content (AvgIpc) is 3.74. The number of carbonyl (C=O) groups is 2. The molecule has 3 atom stereocenters. The van der Waals surface area contributed by atoms with E-state index in [2.05, 4.69) is 20.3 Å². The summed E-state index contributed by atoms with van der Waals surface area (Å²) in [4.78, 5) is 32.4. The highest BCUT2D eigenvalue weighted by Gasteiger charge is 2.31. The third kappa shape index (κ3) is 7.49. The molecule has 0 bridgehead atoms. The predicted octanol–water partition coefficient (Wildman–Crippen LogP) is 4.88. The van der Waals surface area contributed by atoms with Gasteiger partial charge in [-0.15, -0.1) is 0 Å². The number of aromatic nitrogens is 2. The summed E-state index contributed by atoms with van der Waals surface area (Å²) < 4.78 is 34.0. The summed E-state index contributed by atoms with van der Waals surface area (Å²) in [6.45, 7) is 4.70. The Morgan fingerprint density at radius 1 is 1.09 bits per heavy atom. The molecule has 1 aromatic heterocycles. The molecule has 0 saturated heterocycles.